The van der Waals surface area contributed by atoms with Gasteiger partial charge in [-0.05, 0) is 34.6 Å². The van der Waals surface area contributed by atoms with Crippen LogP contribution in [0.15, 0.2) is 0 Å². The lowest BCUT2D eigenvalue weighted by molar-refractivity contribution is -0.228. The van der Waals surface area contributed by atoms with Crippen LogP contribution in [0.1, 0.15) is 41.0 Å². The number of ether oxygens (including phenoxy) is 6. The van der Waals surface area contributed by atoms with Crippen LogP contribution in [-0.2, 0) is 33.2 Å². The molecule has 2 saturated heterocycles. The highest BCUT2D eigenvalue weighted by Crippen LogP contribution is 2.42. The summed E-state index contributed by atoms with van der Waals surface area (Å²) in [6.07, 6.45) is -4.25. The van der Waals surface area contributed by atoms with E-state index in [-0.39, 0.29) is 6.42 Å². The Morgan fingerprint density at radius 3 is 2.32 bits per heavy atom. The van der Waals surface area contributed by atoms with Gasteiger partial charge in [0.05, 0.1) is 20.1 Å². The molecule has 0 unspecified atom stereocenters. The molecule has 1 amide bonds. The predicted molar refractivity (Wildman–Crippen MR) is 95.3 cm³/mol. The first kappa shape index (κ1) is 22.8. The molecule has 0 aliphatic carbocycles. The summed E-state index contributed by atoms with van der Waals surface area (Å²) in [6, 6.07) is 0. The topological polar surface area (TPSA) is 122 Å². The van der Waals surface area contributed by atoms with Crippen LogP contribution in [0.25, 0.3) is 0 Å². The highest BCUT2D eigenvalue weighted by atomic mass is 16.8. The van der Waals surface area contributed by atoms with Crippen LogP contribution < -0.4 is 5.32 Å². The minimum absolute atomic E-state index is 0.368. The lowest BCUT2D eigenvalue weighted by Gasteiger charge is -2.40. The fourth-order valence-electron chi connectivity index (χ4n) is 3.42. The Morgan fingerprint density at radius 2 is 1.82 bits per heavy atom. The Balaban J connectivity index is 2.32. The third-order valence-electron chi connectivity index (χ3n) is 4.53. The zero-order valence-corrected chi connectivity index (χ0v) is 17.4. The zero-order valence-electron chi connectivity index (χ0n) is 17.4. The molecule has 2 fully saturated rings. The van der Waals surface area contributed by atoms with E-state index >= 15 is 0 Å². The second-order valence-corrected chi connectivity index (χ2v) is 8.42. The third-order valence-corrected chi connectivity index (χ3v) is 4.53. The summed E-state index contributed by atoms with van der Waals surface area (Å²) in [6.45, 7) is 7.95. The second kappa shape index (κ2) is 8.11. The Kier molecular flexibility index (Phi) is 6.61. The average molecular weight is 405 g/mol. The molecule has 28 heavy (non-hydrogen) atoms. The van der Waals surface area contributed by atoms with E-state index in [1.807, 2.05) is 0 Å². The van der Waals surface area contributed by atoms with Crippen LogP contribution in [0.4, 0.5) is 4.79 Å². The van der Waals surface area contributed by atoms with Crippen molar-refractivity contribution >= 4 is 12.1 Å². The van der Waals surface area contributed by atoms with E-state index in [4.69, 9.17) is 28.4 Å². The van der Waals surface area contributed by atoms with E-state index in [1.54, 1.807) is 34.6 Å². The van der Waals surface area contributed by atoms with Crippen LogP contribution in [0.5, 0.6) is 0 Å². The van der Waals surface area contributed by atoms with Crippen molar-refractivity contribution in [2.24, 2.45) is 0 Å². The zero-order chi connectivity index (χ0) is 21.3. The minimum atomic E-state index is -1.57. The fraction of sp³-hybridized carbons (Fsp3) is 0.889. The summed E-state index contributed by atoms with van der Waals surface area (Å²) in [5, 5.41) is 12.8. The Bertz CT molecular complexity index is 588. The number of fused-ring (bicyclic) bond motifs is 1. The summed E-state index contributed by atoms with van der Waals surface area (Å²) < 4.78 is 33.1. The van der Waals surface area contributed by atoms with E-state index in [9.17, 15) is 14.7 Å². The Labute approximate surface area is 164 Å². The molecule has 0 radical (unpaired) electrons. The first-order chi connectivity index (χ1) is 12.9. The van der Waals surface area contributed by atoms with Crippen LogP contribution >= 0.6 is 0 Å². The second-order valence-electron chi connectivity index (χ2n) is 8.42. The summed E-state index contributed by atoms with van der Waals surface area (Å²) in [5.41, 5.74) is -2.35. The molecule has 2 aliphatic heterocycles. The highest BCUT2D eigenvalue weighted by molar-refractivity contribution is 5.74. The SMILES string of the molecule is COC(=O)C[C@](CO)(NC(=O)OC(C)(C)C)[C@H]1O[C@@H]2OC(C)(C)O[C@@H]2[C@H]1OC. The summed E-state index contributed by atoms with van der Waals surface area (Å²) in [5.74, 6) is -1.53. The van der Waals surface area contributed by atoms with Crippen LogP contribution in [0.2, 0.25) is 0 Å². The van der Waals surface area contributed by atoms with Gasteiger partial charge in [0.1, 0.15) is 29.5 Å². The number of hydrogen-bond acceptors (Lipinski definition) is 9. The number of hydrogen-bond donors (Lipinski definition) is 2. The van der Waals surface area contributed by atoms with Crippen molar-refractivity contribution in [3.63, 3.8) is 0 Å². The van der Waals surface area contributed by atoms with Gasteiger partial charge in [-0.15, -0.1) is 0 Å². The van der Waals surface area contributed by atoms with E-state index in [2.05, 4.69) is 5.32 Å². The number of amides is 1. The first-order valence-electron chi connectivity index (χ1n) is 9.09. The predicted octanol–water partition coefficient (Wildman–Crippen LogP) is 0.697. The monoisotopic (exact) mass is 405 g/mol. The molecule has 2 aliphatic rings. The quantitative estimate of drug-likeness (QED) is 0.615. The first-order valence-corrected chi connectivity index (χ1v) is 9.09. The Hall–Kier alpha value is -1.46. The third kappa shape index (κ3) is 4.93. The number of alkyl carbamates (subject to hydrolysis) is 1. The largest absolute Gasteiger partial charge is 0.469 e. The van der Waals surface area contributed by atoms with E-state index in [1.165, 1.54) is 14.2 Å². The normalized spacial score (nSPS) is 31.0. The van der Waals surface area contributed by atoms with Gasteiger partial charge in [0.25, 0.3) is 0 Å². The molecule has 2 rings (SSSR count). The maximum atomic E-state index is 12.4. The standard InChI is InChI=1S/C18H31NO9/c1-16(2,3)28-15(22)19-18(9-20,8-10(21)23-6)13-11(24-7)12-14(25-13)27-17(4,5)26-12/h11-14,20H,8-9H2,1-7H3,(H,19,22)/t11-,12-,13+,14-,18-/m1/s1. The highest BCUT2D eigenvalue weighted by Gasteiger charge is 2.61. The molecule has 0 aromatic heterocycles. The molecule has 5 atom stereocenters. The van der Waals surface area contributed by atoms with Gasteiger partial charge in [0.2, 0.25) is 0 Å². The van der Waals surface area contributed by atoms with Crippen molar-refractivity contribution in [1.82, 2.24) is 5.32 Å². The van der Waals surface area contributed by atoms with Crippen molar-refractivity contribution in [2.45, 2.75) is 82.6 Å². The summed E-state index contributed by atoms with van der Waals surface area (Å²) in [4.78, 5) is 24.5. The van der Waals surface area contributed by atoms with Gasteiger partial charge < -0.3 is 38.8 Å². The van der Waals surface area contributed by atoms with Crippen LogP contribution in [-0.4, -0.2) is 79.5 Å². The molecule has 0 bridgehead atoms. The van der Waals surface area contributed by atoms with Crippen molar-refractivity contribution < 1.29 is 43.1 Å². The van der Waals surface area contributed by atoms with Gasteiger partial charge in [-0.25, -0.2) is 4.79 Å². The van der Waals surface area contributed by atoms with Gasteiger partial charge in [-0.1, -0.05) is 0 Å². The molecular formula is C18H31NO9. The van der Waals surface area contributed by atoms with Crippen molar-refractivity contribution in [1.29, 1.82) is 0 Å². The fourth-order valence-corrected chi connectivity index (χ4v) is 3.42. The molecular weight excluding hydrogens is 374 g/mol. The Morgan fingerprint density at radius 1 is 1.18 bits per heavy atom. The van der Waals surface area contributed by atoms with Gasteiger partial charge in [0.15, 0.2) is 12.1 Å². The summed E-state index contributed by atoms with van der Waals surface area (Å²) in [7, 11) is 2.66. The number of nitrogens with one attached hydrogen (secondary N) is 1. The van der Waals surface area contributed by atoms with E-state index in [0.717, 1.165) is 0 Å². The molecule has 0 aromatic rings. The van der Waals surface area contributed by atoms with Crippen LogP contribution in [0, 0.1) is 0 Å². The van der Waals surface area contributed by atoms with Gasteiger partial charge >= 0.3 is 12.1 Å². The van der Waals surface area contributed by atoms with Gasteiger partial charge in [-0.3, -0.25) is 4.79 Å². The lowest BCUT2D eigenvalue weighted by atomic mass is 9.85. The van der Waals surface area contributed by atoms with Crippen molar-refractivity contribution in [3.8, 4) is 0 Å². The van der Waals surface area contributed by atoms with Gasteiger partial charge in [0, 0.05) is 7.11 Å². The van der Waals surface area contributed by atoms with Gasteiger partial charge in [-0.2, -0.15) is 0 Å². The number of aliphatic hydroxyl groups excluding tert-OH is 1. The average Bonchev–Trinajstić information content (AvgIpc) is 3.03. The number of esters is 1. The smallest absolute Gasteiger partial charge is 0.408 e. The van der Waals surface area contributed by atoms with E-state index < -0.39 is 60.2 Å². The molecule has 2 heterocycles. The molecule has 0 saturated carbocycles. The molecule has 10 nitrogen and oxygen atoms in total. The molecule has 0 spiro atoms. The summed E-state index contributed by atoms with van der Waals surface area (Å²) >= 11 is 0. The molecule has 162 valence electrons. The number of rotatable bonds is 6. The number of methoxy groups -OCH3 is 2. The van der Waals surface area contributed by atoms with E-state index in [0.29, 0.717) is 0 Å². The minimum Gasteiger partial charge on any atom is -0.469 e. The molecule has 0 aromatic carbocycles. The lowest BCUT2D eigenvalue weighted by Crippen LogP contribution is -2.64. The van der Waals surface area contributed by atoms with Crippen molar-refractivity contribution in [3.05, 3.63) is 0 Å². The molecule has 10 heteroatoms. The van der Waals surface area contributed by atoms with Crippen LogP contribution in [0.3, 0.4) is 0 Å². The number of aliphatic hydroxyl groups is 1. The maximum absolute atomic E-state index is 12.4. The number of carbonyl (C=O) groups excluding carboxylic acids is 2. The maximum Gasteiger partial charge on any atom is 0.408 e. The number of carbonyl (C=O) groups is 2. The molecule has 2 N–H and O–H groups in total. The van der Waals surface area contributed by atoms with Crippen molar-refractivity contribution in [2.75, 3.05) is 20.8 Å².